The largest absolute Gasteiger partial charge is 0.481 e. The second-order valence-corrected chi connectivity index (χ2v) is 44.4. The highest BCUT2D eigenvalue weighted by atomic mass is 16.5. The Morgan fingerprint density at radius 1 is 0.376 bits per heavy atom. The van der Waals surface area contributed by atoms with Gasteiger partial charge in [-0.05, 0) is 321 Å². The number of amides is 6. The Morgan fingerprint density at radius 2 is 0.692 bits per heavy atom. The molecule has 768 valence electrons. The number of ether oxygens (including phenoxy) is 3. The number of nitrogens with one attached hydrogen (secondary N) is 3. The van der Waals surface area contributed by atoms with Crippen molar-refractivity contribution in [3.63, 3.8) is 0 Å². The van der Waals surface area contributed by atoms with Crippen LogP contribution in [0.1, 0.15) is 347 Å². The predicted octanol–water partition coefficient (Wildman–Crippen LogP) is 15.9. The molecule has 6 aliphatic rings. The van der Waals surface area contributed by atoms with Crippen LogP contribution in [-0.4, -0.2) is 213 Å². The molecule has 6 fully saturated rings. The Labute approximate surface area is 801 Å². The lowest BCUT2D eigenvalue weighted by Gasteiger charge is -2.32. The highest BCUT2D eigenvalue weighted by Crippen LogP contribution is 2.59. The van der Waals surface area contributed by atoms with Crippen LogP contribution in [0.4, 0.5) is 0 Å². The summed E-state index contributed by atoms with van der Waals surface area (Å²) < 4.78 is 16.8. The van der Waals surface area contributed by atoms with E-state index >= 15 is 0 Å². The van der Waals surface area contributed by atoms with Gasteiger partial charge in [-0.2, -0.15) is 0 Å². The molecule has 24 atom stereocenters. The van der Waals surface area contributed by atoms with Gasteiger partial charge in [0.1, 0.15) is 19.8 Å². The standard InChI is InChI=1S/C37H67N3O6.C35H63N3O6.C33H59N3O7/c1-7-9-10-11-21-39-36(45)37(4,8-2)20-14-18-28(35(44)46-23-22-40(5)6)17-12-15-27(33(38)41)16-13-19-30-26(3)29-24-31(30)32(25-29)34(42)43;1-9-35(6,33(43)37-34(3,4)5)18-12-16-25(32(42)44-20-19-38(7)8)15-10-13-24(30(36)39)14-11-17-27-23(2)26-21-28(27)29(22-26)31(40)41;1-6-33(3,32(42)43-19-17-36(4)5)15-9-13-24(30(39)35-16-18-37)12-7-10-23(29(34)38)11-8-14-26-22(2)25-20-27(26)28(21-25)31(40)41/h26-32H,7-25H2,1-6H3,(H2,38,41)(H,39,45)(H,42,43);23-29H,9-22H2,1-8H3,(H2,36,39)(H,37,43)(H,40,41);22-28,37H,6-21H2,1-5H3,(H2,34,38)(H,35,39)(H,40,41). The van der Waals surface area contributed by atoms with E-state index in [4.69, 9.17) is 31.4 Å². The smallest absolute Gasteiger partial charge is 0.311 e. The number of rotatable bonds is 67. The molecule has 0 heterocycles. The number of unbranched alkanes of at least 4 members (excludes halogenated alkanes) is 3. The Morgan fingerprint density at radius 3 is 1.01 bits per heavy atom. The minimum Gasteiger partial charge on any atom is -0.481 e. The number of carbonyl (C=O) groups is 12. The van der Waals surface area contributed by atoms with Crippen molar-refractivity contribution in [2.75, 3.05) is 101 Å². The summed E-state index contributed by atoms with van der Waals surface area (Å²) in [5.74, 6) is -0.695. The summed E-state index contributed by atoms with van der Waals surface area (Å²) in [6, 6.07) is 0. The zero-order valence-electron chi connectivity index (χ0n) is 86.3. The molecule has 0 aromatic heterocycles. The number of fused-ring (bicyclic) bond motifs is 6. The fourth-order valence-electron chi connectivity index (χ4n) is 23.3. The number of likely N-dealkylation sites (N-methyl/N-ethyl adjacent to an activating group) is 3. The topological polar surface area (TPSA) is 437 Å². The molecule has 13 N–H and O–H groups in total. The van der Waals surface area contributed by atoms with Crippen LogP contribution in [0.15, 0.2) is 0 Å². The third-order valence-corrected chi connectivity index (χ3v) is 33.0. The van der Waals surface area contributed by atoms with Gasteiger partial charge in [-0.3, -0.25) is 57.5 Å². The summed E-state index contributed by atoms with van der Waals surface area (Å²) in [7, 11) is 11.6. The van der Waals surface area contributed by atoms with E-state index in [1.807, 2.05) is 112 Å². The molecule has 6 rings (SSSR count). The lowest BCUT2D eigenvalue weighted by atomic mass is 9.72. The van der Waals surface area contributed by atoms with Crippen molar-refractivity contribution in [1.29, 1.82) is 0 Å². The van der Waals surface area contributed by atoms with Gasteiger partial charge in [-0.25, -0.2) is 0 Å². The number of esters is 3. The van der Waals surface area contributed by atoms with Gasteiger partial charge in [0, 0.05) is 72.8 Å². The van der Waals surface area contributed by atoms with Gasteiger partial charge in [-0.15, -0.1) is 0 Å². The molecule has 24 unspecified atom stereocenters. The number of hydrogen-bond acceptors (Lipinski definition) is 19. The van der Waals surface area contributed by atoms with Crippen LogP contribution in [0.3, 0.4) is 0 Å². The number of carbonyl (C=O) groups excluding carboxylic acids is 9. The third-order valence-electron chi connectivity index (χ3n) is 33.0. The number of aliphatic hydroxyl groups is 1. The summed E-state index contributed by atoms with van der Waals surface area (Å²) in [4.78, 5) is 156. The van der Waals surface area contributed by atoms with Crippen LogP contribution in [0.2, 0.25) is 0 Å². The van der Waals surface area contributed by atoms with Crippen molar-refractivity contribution >= 4 is 71.3 Å². The molecule has 0 aromatic carbocycles. The zero-order valence-corrected chi connectivity index (χ0v) is 86.3. The first-order valence-electron chi connectivity index (χ1n) is 52.2. The van der Waals surface area contributed by atoms with Gasteiger partial charge in [0.05, 0.1) is 41.6 Å². The van der Waals surface area contributed by atoms with Gasteiger partial charge in [0.2, 0.25) is 35.4 Å². The first-order chi connectivity index (χ1) is 62.7. The van der Waals surface area contributed by atoms with E-state index in [1.54, 1.807) is 0 Å². The van der Waals surface area contributed by atoms with Crippen molar-refractivity contribution in [1.82, 2.24) is 30.7 Å². The van der Waals surface area contributed by atoms with Crippen LogP contribution < -0.4 is 33.2 Å². The maximum atomic E-state index is 13.2. The first-order valence-corrected chi connectivity index (χ1v) is 52.2. The minimum atomic E-state index is -0.670. The molecule has 6 aliphatic carbocycles. The van der Waals surface area contributed by atoms with Gasteiger partial charge in [0.25, 0.3) is 0 Å². The summed E-state index contributed by atoms with van der Waals surface area (Å²) in [5, 5.41) is 47.1. The van der Waals surface area contributed by atoms with Crippen molar-refractivity contribution in [2.24, 2.45) is 158 Å². The Balaban J connectivity index is 0.000000417. The number of aliphatic carboxylic acids is 3. The fourth-order valence-corrected chi connectivity index (χ4v) is 23.3. The zero-order chi connectivity index (χ0) is 99.7. The van der Waals surface area contributed by atoms with Crippen LogP contribution in [0, 0.1) is 141 Å². The quantitative estimate of drug-likeness (QED) is 0.0154. The molecule has 0 saturated heterocycles. The summed E-state index contributed by atoms with van der Waals surface area (Å²) in [6.07, 6.45) is 31.3. The molecule has 0 aliphatic heterocycles. The van der Waals surface area contributed by atoms with Crippen molar-refractivity contribution < 1.29 is 92.2 Å². The molecule has 28 heteroatoms. The molecule has 0 aromatic rings. The van der Waals surface area contributed by atoms with E-state index in [-0.39, 0.29) is 143 Å². The number of hydrogen-bond donors (Lipinski definition) is 10. The normalized spacial score (nSPS) is 25.4. The number of nitrogens with two attached hydrogens (primary N) is 3. The van der Waals surface area contributed by atoms with Crippen LogP contribution in [0.25, 0.3) is 0 Å². The number of aliphatic hydroxyl groups excluding tert-OH is 1. The molecule has 0 radical (unpaired) electrons. The molecule has 6 bridgehead atoms. The van der Waals surface area contributed by atoms with E-state index in [0.717, 1.165) is 109 Å². The molecule has 6 amide bonds. The average Bonchev–Trinajstić information content (AvgIpc) is 1.62. The molecular formula is C105H189N9O19. The molecular weight excluding hydrogens is 1690 g/mol. The van der Waals surface area contributed by atoms with E-state index < -0.39 is 34.2 Å². The number of nitrogens with zero attached hydrogens (tertiary/aromatic N) is 3. The lowest BCUT2D eigenvalue weighted by molar-refractivity contribution is -0.156. The molecule has 28 nitrogen and oxygen atoms in total. The Kier molecular flexibility index (Phi) is 53.3. The average molecular weight is 1880 g/mol. The summed E-state index contributed by atoms with van der Waals surface area (Å²) in [5.41, 5.74) is 15.5. The SMILES string of the molecule is CCC(C)(CCCC(CCCC(CCCC1C(C)C2CC(C(=O)O)C1C2)C(N)=O)C(=O)NCCO)C(=O)OCCN(C)C.CCC(C)(CCCC(CCCC(CCCC1C(C)C2CC(C(=O)O)C1C2)C(N)=O)C(=O)OCCN(C)C)C(=O)NC(C)(C)C.CCCCCCNC(=O)C(C)(CC)CCCC(CCCC(CCCC1C(C)C2CC(C(=O)O)C1C2)C(N)=O)C(=O)OCCN(C)C. The number of carboxylic acid groups (broad SMARTS) is 3. The third kappa shape index (κ3) is 39.7. The molecule has 133 heavy (non-hydrogen) atoms. The van der Waals surface area contributed by atoms with Crippen LogP contribution in [0.5, 0.6) is 0 Å². The fraction of sp³-hybridized carbons (Fsp3) is 0.886. The lowest BCUT2D eigenvalue weighted by Crippen LogP contribution is -2.48. The van der Waals surface area contributed by atoms with Gasteiger partial charge in [0.15, 0.2) is 0 Å². The minimum absolute atomic E-state index is 0.0419. The second-order valence-electron chi connectivity index (χ2n) is 44.4. The highest BCUT2D eigenvalue weighted by Gasteiger charge is 2.55. The van der Waals surface area contributed by atoms with Gasteiger partial charge < -0.3 is 82.5 Å². The van der Waals surface area contributed by atoms with Gasteiger partial charge >= 0.3 is 35.8 Å². The van der Waals surface area contributed by atoms with Crippen molar-refractivity contribution in [2.45, 2.75) is 352 Å². The van der Waals surface area contributed by atoms with Crippen molar-refractivity contribution in [3.05, 3.63) is 0 Å². The number of carboxylic acids is 3. The number of primary amides is 3. The highest BCUT2D eigenvalue weighted by molar-refractivity contribution is 5.84. The van der Waals surface area contributed by atoms with Crippen molar-refractivity contribution in [3.8, 4) is 0 Å². The summed E-state index contributed by atoms with van der Waals surface area (Å²) >= 11 is 0. The van der Waals surface area contributed by atoms with Crippen LogP contribution in [-0.2, 0) is 71.7 Å². The maximum absolute atomic E-state index is 13.2. The Bertz CT molecular complexity index is 3540. The van der Waals surface area contributed by atoms with E-state index in [0.29, 0.717) is 234 Å². The molecule has 6 saturated carbocycles. The van der Waals surface area contributed by atoms with E-state index in [1.165, 1.54) is 12.8 Å². The Hall–Kier alpha value is -6.52. The predicted molar refractivity (Wildman–Crippen MR) is 522 cm³/mol. The van der Waals surface area contributed by atoms with E-state index in [2.05, 4.69) is 50.6 Å². The maximum Gasteiger partial charge on any atom is 0.311 e. The molecule has 0 spiro atoms. The summed E-state index contributed by atoms with van der Waals surface area (Å²) in [6.45, 7) is 30.6. The first kappa shape index (κ1) is 119. The second kappa shape index (κ2) is 59.7. The van der Waals surface area contributed by atoms with Crippen LogP contribution >= 0.6 is 0 Å². The van der Waals surface area contributed by atoms with Gasteiger partial charge in [-0.1, -0.05) is 139 Å². The van der Waals surface area contributed by atoms with E-state index in [9.17, 15) is 78.0 Å². The monoisotopic (exact) mass is 1880 g/mol.